The Balaban J connectivity index is 0. The molecule has 0 aliphatic heterocycles. The van der Waals surface area contributed by atoms with E-state index in [0.717, 1.165) is 0 Å². The van der Waals surface area contributed by atoms with Crippen LogP contribution in [0.3, 0.4) is 0 Å². The van der Waals surface area contributed by atoms with Crippen molar-refractivity contribution in [1.82, 2.24) is 0 Å². The van der Waals surface area contributed by atoms with Crippen LogP contribution in [0.1, 0.15) is 0 Å². The minimum absolute atomic E-state index is 0. The molecule has 0 aliphatic rings. The molecule has 0 saturated carbocycles. The van der Waals surface area contributed by atoms with Gasteiger partial charge in [-0.25, -0.2) is 0 Å². The summed E-state index contributed by atoms with van der Waals surface area (Å²) in [7, 11) is 0. The topological polar surface area (TPSA) is 0 Å². The van der Waals surface area contributed by atoms with Crippen molar-refractivity contribution < 1.29 is 36.5 Å². The van der Waals surface area contributed by atoms with Crippen LogP contribution in [0.4, 0.5) is 0 Å². The van der Waals surface area contributed by atoms with Crippen molar-refractivity contribution in [2.24, 2.45) is 0 Å². The van der Waals surface area contributed by atoms with Gasteiger partial charge in [-0.15, -0.1) is 0 Å². The van der Waals surface area contributed by atoms with Crippen LogP contribution in [0, 0.1) is 0 Å². The van der Waals surface area contributed by atoms with Gasteiger partial charge in [-0.3, -0.25) is 0 Å². The summed E-state index contributed by atoms with van der Waals surface area (Å²) in [6.45, 7) is 0. The van der Waals surface area contributed by atoms with E-state index in [1.807, 2.05) is 0 Å². The molecule has 0 bridgehead atoms. The van der Waals surface area contributed by atoms with Gasteiger partial charge >= 0.3 is 63.2 Å². The second kappa shape index (κ2) is 27.1. The Hall–Kier alpha value is 3.19. The Morgan fingerprint density at radius 3 is 1.00 bits per heavy atom. The molecule has 0 aromatic heterocycles. The molecule has 0 unspecified atom stereocenters. The fourth-order valence-corrected chi connectivity index (χ4v) is 0. The summed E-state index contributed by atoms with van der Waals surface area (Å²) in [6, 6.07) is 0. The average Bonchev–Trinajstić information content (AvgIpc) is 0. The van der Waals surface area contributed by atoms with Crippen LogP contribution < -0.4 is 0 Å². The minimum atomic E-state index is 0. The van der Waals surface area contributed by atoms with Crippen LogP contribution in [0.25, 0.3) is 0 Å². The second-order valence-electron chi connectivity index (χ2n) is 0. The molecule has 0 aromatic rings. The molecule has 0 rings (SSSR count). The van der Waals surface area contributed by atoms with Crippen molar-refractivity contribution in [3.05, 3.63) is 0 Å². The zero-order valence-corrected chi connectivity index (χ0v) is 4.92. The molecule has 0 amide bonds. The average molecular weight is 396 g/mol. The zero-order chi connectivity index (χ0) is 0. The van der Waals surface area contributed by atoms with Crippen molar-refractivity contribution in [3.8, 4) is 0 Å². The molecular formula is H10CuGaGeInZn. The maximum Gasteiger partial charge on any atom is 0 e. The van der Waals surface area contributed by atoms with Crippen LogP contribution in [-0.4, -0.2) is 63.2 Å². The van der Waals surface area contributed by atoms with Crippen molar-refractivity contribution in [3.63, 3.8) is 0 Å². The first-order chi connectivity index (χ1) is 0. The van der Waals surface area contributed by atoms with Gasteiger partial charge in [-0.05, 0) is 0 Å². The van der Waals surface area contributed by atoms with Gasteiger partial charge in [-0.2, -0.15) is 0 Å². The van der Waals surface area contributed by atoms with Gasteiger partial charge in [0.05, 0.1) is 0 Å². The van der Waals surface area contributed by atoms with Crippen molar-refractivity contribution in [2.45, 2.75) is 0 Å². The van der Waals surface area contributed by atoms with Crippen molar-refractivity contribution in [2.75, 3.05) is 0 Å². The van der Waals surface area contributed by atoms with Crippen LogP contribution in [0.15, 0.2) is 0 Å². The van der Waals surface area contributed by atoms with Gasteiger partial charge in [0.15, 0.2) is 0 Å². The van der Waals surface area contributed by atoms with E-state index in [9.17, 15) is 0 Å². The molecule has 0 saturated heterocycles. The molecule has 0 nitrogen and oxygen atoms in total. The van der Waals surface area contributed by atoms with Crippen LogP contribution in [0.2, 0.25) is 0 Å². The van der Waals surface area contributed by atoms with Crippen LogP contribution >= 0.6 is 0 Å². The molecule has 5 heavy (non-hydrogen) atoms. The quantitative estimate of drug-likeness (QED) is 0.369. The molecule has 0 aliphatic carbocycles. The Kier molecular flexibility index (Phi) is 225. The molecule has 33 valence electrons. The minimum Gasteiger partial charge on any atom is 0 e. The summed E-state index contributed by atoms with van der Waals surface area (Å²) in [4.78, 5) is 0. The van der Waals surface area contributed by atoms with E-state index in [1.165, 1.54) is 0 Å². The zero-order valence-electron chi connectivity index (χ0n) is 1.01. The molecule has 0 atom stereocenters. The van der Waals surface area contributed by atoms with Crippen LogP contribution in [-0.2, 0) is 36.5 Å². The molecule has 5 heteroatoms. The SMILES string of the molecule is [Cu].[GaH3].[GeH4].[InH3].[Zn]. The first-order valence-electron chi connectivity index (χ1n) is 0. The third-order valence-corrected chi connectivity index (χ3v) is 0. The predicted molar refractivity (Wildman–Crippen MR) is 31.2 cm³/mol. The van der Waals surface area contributed by atoms with E-state index >= 15 is 0 Å². The van der Waals surface area contributed by atoms with Gasteiger partial charge < -0.3 is 0 Å². The number of hydrogen-bond donors (Lipinski definition) is 0. The fourth-order valence-electron chi connectivity index (χ4n) is 0. The first kappa shape index (κ1) is 41.6. The fraction of sp³-hybridized carbons (Fsp3) is 0. The maximum atomic E-state index is 0. The van der Waals surface area contributed by atoms with Crippen LogP contribution in [0.5, 0.6) is 0 Å². The van der Waals surface area contributed by atoms with E-state index in [2.05, 4.69) is 0 Å². The van der Waals surface area contributed by atoms with E-state index in [-0.39, 0.29) is 99.8 Å². The molecule has 0 spiro atoms. The van der Waals surface area contributed by atoms with E-state index in [0.29, 0.717) is 0 Å². The monoisotopic (exact) mass is 395 g/mol. The summed E-state index contributed by atoms with van der Waals surface area (Å²) < 4.78 is 0. The van der Waals surface area contributed by atoms with Gasteiger partial charge in [0.1, 0.15) is 0 Å². The van der Waals surface area contributed by atoms with Crippen molar-refractivity contribution in [1.29, 1.82) is 0 Å². The molecule has 0 fully saturated rings. The van der Waals surface area contributed by atoms with Gasteiger partial charge in [0.25, 0.3) is 0 Å². The van der Waals surface area contributed by atoms with E-state index in [4.69, 9.17) is 0 Å². The molecule has 0 aromatic carbocycles. The molecule has 0 N–H and O–H groups in total. The molecular weight excluding hydrogens is 386 g/mol. The Morgan fingerprint density at radius 1 is 1.00 bits per heavy atom. The van der Waals surface area contributed by atoms with E-state index < -0.39 is 0 Å². The summed E-state index contributed by atoms with van der Waals surface area (Å²) in [5.41, 5.74) is 0. The Bertz CT molecular complexity index is 11.6. The summed E-state index contributed by atoms with van der Waals surface area (Å²) >= 11 is 0. The number of rotatable bonds is 0. The molecule has 1 radical (unpaired) electrons. The second-order valence-corrected chi connectivity index (χ2v) is 0. The van der Waals surface area contributed by atoms with Gasteiger partial charge in [-0.1, -0.05) is 0 Å². The third kappa shape index (κ3) is 19.0. The normalized spacial score (nSPS) is 0. The van der Waals surface area contributed by atoms with Crippen molar-refractivity contribution >= 4 is 63.2 Å². The summed E-state index contributed by atoms with van der Waals surface area (Å²) in [6.07, 6.45) is 0. The van der Waals surface area contributed by atoms with Gasteiger partial charge in [0.2, 0.25) is 0 Å². The Labute approximate surface area is 98.0 Å². The van der Waals surface area contributed by atoms with E-state index in [1.54, 1.807) is 0 Å². The molecule has 0 heterocycles. The summed E-state index contributed by atoms with van der Waals surface area (Å²) in [5, 5.41) is 0. The standard InChI is InChI=1S/Cu.Ga.GeH4.In.Zn.6H/h;;1H4;;;;;;;;. The largest absolute Gasteiger partial charge is 0 e. The predicted octanol–water partition coefficient (Wildman–Crippen LogP) is -3.82. The first-order valence-corrected chi connectivity index (χ1v) is 0. The maximum absolute atomic E-state index is 0. The number of hydrogen-bond acceptors (Lipinski definition) is 0. The summed E-state index contributed by atoms with van der Waals surface area (Å²) in [5.74, 6) is 0. The van der Waals surface area contributed by atoms with Gasteiger partial charge in [0, 0.05) is 36.5 Å². The third-order valence-electron chi connectivity index (χ3n) is 0. The Morgan fingerprint density at radius 2 is 1.00 bits per heavy atom. The smallest absolute Gasteiger partial charge is 0 e.